The Kier molecular flexibility index (Phi) is 4.28. The minimum Gasteiger partial charge on any atom is -0.372 e. The fourth-order valence-corrected chi connectivity index (χ4v) is 3.64. The summed E-state index contributed by atoms with van der Waals surface area (Å²) in [6.07, 6.45) is 1.84. The number of para-hydroxylation sites is 2. The maximum absolute atomic E-state index is 4.62. The number of aromatic amines is 1. The largest absolute Gasteiger partial charge is 0.372 e. The second-order valence-electron chi connectivity index (χ2n) is 6.02. The van der Waals surface area contributed by atoms with Gasteiger partial charge in [-0.3, -0.25) is 4.98 Å². The van der Waals surface area contributed by atoms with Gasteiger partial charge in [-0.1, -0.05) is 36.4 Å². The Bertz CT molecular complexity index is 1010. The number of nitrogens with zero attached hydrogens (tertiary/aromatic N) is 1. The Labute approximate surface area is 155 Å². The molecule has 124 valence electrons. The summed E-state index contributed by atoms with van der Waals surface area (Å²) in [5.74, 6) is 0. The highest BCUT2D eigenvalue weighted by atomic mass is 79.9. The predicted molar refractivity (Wildman–Crippen MR) is 107 cm³/mol. The third-order valence-electron chi connectivity index (χ3n) is 4.39. The minimum absolute atomic E-state index is 0.0453. The van der Waals surface area contributed by atoms with Gasteiger partial charge in [-0.2, -0.15) is 0 Å². The molecule has 0 fully saturated rings. The first-order chi connectivity index (χ1) is 12.2. The van der Waals surface area contributed by atoms with Gasteiger partial charge in [0.1, 0.15) is 0 Å². The molecule has 4 rings (SSSR count). The number of rotatable bonds is 4. The van der Waals surface area contributed by atoms with Crippen molar-refractivity contribution < 1.29 is 0 Å². The fraction of sp³-hybridized carbons (Fsp3) is 0.0952. The summed E-state index contributed by atoms with van der Waals surface area (Å²) in [5, 5.41) is 4.89. The van der Waals surface area contributed by atoms with Crippen molar-refractivity contribution in [3.63, 3.8) is 0 Å². The van der Waals surface area contributed by atoms with Gasteiger partial charge in [-0.05, 0) is 53.2 Å². The summed E-state index contributed by atoms with van der Waals surface area (Å²) in [6, 6.07) is 22.6. The molecular formula is C21H18BrN3. The molecule has 25 heavy (non-hydrogen) atoms. The highest BCUT2D eigenvalue weighted by Gasteiger charge is 2.22. The van der Waals surface area contributed by atoms with Gasteiger partial charge < -0.3 is 10.3 Å². The van der Waals surface area contributed by atoms with Crippen molar-refractivity contribution in [3.8, 4) is 0 Å². The van der Waals surface area contributed by atoms with E-state index in [-0.39, 0.29) is 6.04 Å². The Morgan fingerprint density at radius 3 is 2.52 bits per heavy atom. The average molecular weight is 392 g/mol. The molecule has 2 heterocycles. The number of hydrogen-bond donors (Lipinski definition) is 2. The number of pyridine rings is 1. The van der Waals surface area contributed by atoms with Crippen LogP contribution in [0.4, 0.5) is 5.69 Å². The molecule has 0 saturated heterocycles. The van der Waals surface area contributed by atoms with E-state index in [4.69, 9.17) is 0 Å². The number of H-pyrrole nitrogens is 1. The minimum atomic E-state index is -0.0453. The van der Waals surface area contributed by atoms with E-state index in [2.05, 4.69) is 74.5 Å². The normalized spacial score (nSPS) is 12.2. The molecule has 2 aromatic carbocycles. The number of nitrogens with one attached hydrogen (secondary N) is 2. The Balaban J connectivity index is 1.88. The van der Waals surface area contributed by atoms with Gasteiger partial charge in [0.25, 0.3) is 0 Å². The Hall–Kier alpha value is -2.59. The van der Waals surface area contributed by atoms with Gasteiger partial charge >= 0.3 is 0 Å². The van der Waals surface area contributed by atoms with Crippen LogP contribution < -0.4 is 5.32 Å². The maximum atomic E-state index is 4.62. The van der Waals surface area contributed by atoms with E-state index in [1.807, 2.05) is 36.5 Å². The zero-order chi connectivity index (χ0) is 17.2. The second kappa shape index (κ2) is 6.73. The highest BCUT2D eigenvalue weighted by molar-refractivity contribution is 9.10. The molecule has 0 aliphatic carbocycles. The lowest BCUT2D eigenvalue weighted by atomic mass is 9.99. The number of hydrogen-bond acceptors (Lipinski definition) is 2. The third kappa shape index (κ3) is 3.05. The number of aromatic nitrogens is 2. The van der Waals surface area contributed by atoms with Crippen LogP contribution in [0.5, 0.6) is 0 Å². The molecule has 1 unspecified atom stereocenters. The van der Waals surface area contributed by atoms with Crippen LogP contribution in [0.2, 0.25) is 0 Å². The van der Waals surface area contributed by atoms with E-state index >= 15 is 0 Å². The van der Waals surface area contributed by atoms with Crippen LogP contribution in [0, 0.1) is 6.92 Å². The summed E-state index contributed by atoms with van der Waals surface area (Å²) in [6.45, 7) is 2.12. The molecule has 0 saturated carbocycles. The van der Waals surface area contributed by atoms with Crippen molar-refractivity contribution >= 4 is 32.5 Å². The first-order valence-corrected chi connectivity index (χ1v) is 9.02. The van der Waals surface area contributed by atoms with Gasteiger partial charge in [-0.25, -0.2) is 0 Å². The number of benzene rings is 2. The van der Waals surface area contributed by atoms with E-state index in [0.29, 0.717) is 0 Å². The van der Waals surface area contributed by atoms with Crippen molar-refractivity contribution in [2.24, 2.45) is 0 Å². The number of aryl methyl sites for hydroxylation is 1. The summed E-state index contributed by atoms with van der Waals surface area (Å²) < 4.78 is 1.04. The number of anilines is 1. The lowest BCUT2D eigenvalue weighted by Crippen LogP contribution is -2.15. The molecule has 3 nitrogen and oxygen atoms in total. The first kappa shape index (κ1) is 15.9. The Morgan fingerprint density at radius 1 is 0.960 bits per heavy atom. The summed E-state index contributed by atoms with van der Waals surface area (Å²) in [4.78, 5) is 8.12. The smallest absolute Gasteiger partial charge is 0.0963 e. The average Bonchev–Trinajstić information content (AvgIpc) is 2.97. The molecular weight excluding hydrogens is 374 g/mol. The summed E-state index contributed by atoms with van der Waals surface area (Å²) in [7, 11) is 0. The molecule has 4 heteroatoms. The lowest BCUT2D eigenvalue weighted by Gasteiger charge is -2.21. The third-order valence-corrected chi connectivity index (χ3v) is 5.08. The maximum Gasteiger partial charge on any atom is 0.0963 e. The monoisotopic (exact) mass is 391 g/mol. The quantitative estimate of drug-likeness (QED) is 0.458. The predicted octanol–water partition coefficient (Wildman–Crippen LogP) is 5.84. The molecule has 0 amide bonds. The molecule has 1 atom stereocenters. The van der Waals surface area contributed by atoms with Crippen LogP contribution >= 0.6 is 15.9 Å². The van der Waals surface area contributed by atoms with E-state index in [0.717, 1.165) is 27.1 Å². The van der Waals surface area contributed by atoms with Crippen LogP contribution in [0.15, 0.2) is 77.4 Å². The van der Waals surface area contributed by atoms with Crippen molar-refractivity contribution in [1.29, 1.82) is 0 Å². The van der Waals surface area contributed by atoms with Gasteiger partial charge in [0, 0.05) is 38.5 Å². The highest BCUT2D eigenvalue weighted by Crippen LogP contribution is 2.35. The van der Waals surface area contributed by atoms with E-state index in [1.54, 1.807) is 0 Å². The van der Waals surface area contributed by atoms with E-state index in [1.165, 1.54) is 10.9 Å². The standard InChI is InChI=1S/C21H18BrN3/c1-14-20(15-8-2-4-10-17(15)24-14)21(19-12-6-7-13-23-19)25-18-11-5-3-9-16(18)22/h2-13,21,24-25H,1H3. The van der Waals surface area contributed by atoms with Crippen molar-refractivity contribution in [3.05, 3.63) is 94.4 Å². The van der Waals surface area contributed by atoms with Crippen LogP contribution in [-0.4, -0.2) is 9.97 Å². The number of halogens is 1. The fourth-order valence-electron chi connectivity index (χ4n) is 3.24. The van der Waals surface area contributed by atoms with Crippen molar-refractivity contribution in [2.75, 3.05) is 5.32 Å². The SMILES string of the molecule is Cc1[nH]c2ccccc2c1C(Nc1ccccc1Br)c1ccccn1. The molecule has 0 bridgehead atoms. The zero-order valence-electron chi connectivity index (χ0n) is 13.8. The number of fused-ring (bicyclic) bond motifs is 1. The lowest BCUT2D eigenvalue weighted by molar-refractivity contribution is 0.883. The molecule has 0 aliphatic rings. The summed E-state index contributed by atoms with van der Waals surface area (Å²) >= 11 is 3.64. The van der Waals surface area contributed by atoms with Gasteiger partial charge in [0.2, 0.25) is 0 Å². The first-order valence-electron chi connectivity index (χ1n) is 8.23. The van der Waals surface area contributed by atoms with Gasteiger partial charge in [0.05, 0.1) is 11.7 Å². The zero-order valence-corrected chi connectivity index (χ0v) is 15.4. The van der Waals surface area contributed by atoms with Crippen LogP contribution in [0.1, 0.15) is 23.0 Å². The molecule has 2 N–H and O–H groups in total. The van der Waals surface area contributed by atoms with Crippen LogP contribution in [0.25, 0.3) is 10.9 Å². The van der Waals surface area contributed by atoms with E-state index < -0.39 is 0 Å². The second-order valence-corrected chi connectivity index (χ2v) is 6.88. The summed E-state index contributed by atoms with van der Waals surface area (Å²) in [5.41, 5.74) is 5.56. The Morgan fingerprint density at radius 2 is 1.72 bits per heavy atom. The topological polar surface area (TPSA) is 40.7 Å². The molecule has 2 aromatic heterocycles. The van der Waals surface area contributed by atoms with Crippen LogP contribution in [-0.2, 0) is 0 Å². The van der Waals surface area contributed by atoms with Crippen molar-refractivity contribution in [2.45, 2.75) is 13.0 Å². The van der Waals surface area contributed by atoms with E-state index in [9.17, 15) is 0 Å². The van der Waals surface area contributed by atoms with Crippen molar-refractivity contribution in [1.82, 2.24) is 9.97 Å². The van der Waals surface area contributed by atoms with Gasteiger partial charge in [-0.15, -0.1) is 0 Å². The molecule has 0 spiro atoms. The molecule has 4 aromatic rings. The van der Waals surface area contributed by atoms with Crippen LogP contribution in [0.3, 0.4) is 0 Å². The molecule has 0 radical (unpaired) electrons. The molecule has 0 aliphatic heterocycles. The van der Waals surface area contributed by atoms with Gasteiger partial charge in [0.15, 0.2) is 0 Å².